The second-order valence-corrected chi connectivity index (χ2v) is 3.45. The molecule has 1 aromatic rings. The zero-order valence-corrected chi connectivity index (χ0v) is 7.95. The van der Waals surface area contributed by atoms with Crippen LogP contribution >= 0.6 is 0 Å². The number of carbonyl (C=O) groups excluding carboxylic acids is 1. The Morgan fingerprint density at radius 1 is 1.50 bits per heavy atom. The van der Waals surface area contributed by atoms with E-state index in [0.717, 1.165) is 4.90 Å². The first kappa shape index (κ1) is 10.9. The van der Waals surface area contributed by atoms with E-state index in [4.69, 9.17) is 5.73 Å². The van der Waals surface area contributed by atoms with E-state index >= 15 is 0 Å². The molecule has 3 N–H and O–H groups in total. The number of carbonyl (C=O) groups is 1. The van der Waals surface area contributed by atoms with Crippen molar-refractivity contribution in [2.75, 3.05) is 11.4 Å². The smallest absolute Gasteiger partial charge is 0.326 e. The van der Waals surface area contributed by atoms with Crippen molar-refractivity contribution in [2.24, 2.45) is 5.73 Å². The first-order valence-corrected chi connectivity index (χ1v) is 4.43. The lowest BCUT2D eigenvalue weighted by molar-refractivity contribution is -0.144. The predicted octanol–water partition coefficient (Wildman–Crippen LogP) is -0.113. The Bertz CT molecular complexity index is 414. The van der Waals surface area contributed by atoms with Crippen LogP contribution in [0.5, 0.6) is 0 Å². The number of aromatic amines is 1. The van der Waals surface area contributed by atoms with Gasteiger partial charge in [0.2, 0.25) is 11.7 Å². The molecule has 0 aliphatic carbocycles. The van der Waals surface area contributed by atoms with Crippen molar-refractivity contribution in [3.05, 3.63) is 5.82 Å². The molecule has 1 saturated heterocycles. The largest absolute Gasteiger partial charge is 0.451 e. The summed E-state index contributed by atoms with van der Waals surface area (Å²) >= 11 is 0. The van der Waals surface area contributed by atoms with Crippen molar-refractivity contribution in [2.45, 2.75) is 18.6 Å². The molecule has 1 atom stereocenters. The Labute approximate surface area is 87.6 Å². The summed E-state index contributed by atoms with van der Waals surface area (Å²) in [5.74, 6) is -1.89. The Hall–Kier alpha value is -1.64. The number of hydrogen-bond donors (Lipinski definition) is 2. The van der Waals surface area contributed by atoms with Gasteiger partial charge in [-0.25, -0.2) is 0 Å². The normalized spacial score (nSPS) is 21.9. The van der Waals surface area contributed by atoms with E-state index < -0.39 is 12.0 Å². The molecule has 1 aliphatic heterocycles. The van der Waals surface area contributed by atoms with Gasteiger partial charge in [0.05, 0.1) is 0 Å². The molecule has 6 nitrogen and oxygen atoms in total. The monoisotopic (exact) mass is 235 g/mol. The van der Waals surface area contributed by atoms with Crippen LogP contribution in [0, 0.1) is 0 Å². The number of H-pyrrole nitrogens is 1. The fourth-order valence-electron chi connectivity index (χ4n) is 1.43. The SMILES string of the molecule is NC1CC(=O)N(c2n[nH]c(C(F)(F)F)n2)C1. The highest BCUT2D eigenvalue weighted by Gasteiger charge is 2.37. The van der Waals surface area contributed by atoms with Crippen LogP contribution in [0.1, 0.15) is 12.2 Å². The van der Waals surface area contributed by atoms with E-state index in [1.165, 1.54) is 0 Å². The van der Waals surface area contributed by atoms with Crippen LogP contribution in [-0.4, -0.2) is 33.7 Å². The predicted molar refractivity (Wildman–Crippen MR) is 46.3 cm³/mol. The minimum atomic E-state index is -4.60. The molecule has 9 heteroatoms. The van der Waals surface area contributed by atoms with Gasteiger partial charge in [0.25, 0.3) is 5.95 Å². The summed E-state index contributed by atoms with van der Waals surface area (Å²) in [5.41, 5.74) is 5.49. The van der Waals surface area contributed by atoms with E-state index in [2.05, 4.69) is 10.1 Å². The third-order valence-electron chi connectivity index (χ3n) is 2.14. The number of nitrogens with two attached hydrogens (primary N) is 1. The van der Waals surface area contributed by atoms with Crippen molar-refractivity contribution in [3.8, 4) is 0 Å². The molecule has 16 heavy (non-hydrogen) atoms. The Morgan fingerprint density at radius 3 is 2.62 bits per heavy atom. The molecule has 1 fully saturated rings. The third kappa shape index (κ3) is 1.85. The zero-order valence-electron chi connectivity index (χ0n) is 7.95. The first-order valence-electron chi connectivity index (χ1n) is 4.43. The van der Waals surface area contributed by atoms with Crippen LogP contribution in [0.25, 0.3) is 0 Å². The quantitative estimate of drug-likeness (QED) is 0.710. The average Bonchev–Trinajstić information content (AvgIpc) is 2.70. The molecule has 0 saturated carbocycles. The van der Waals surface area contributed by atoms with E-state index in [1.54, 1.807) is 5.10 Å². The van der Waals surface area contributed by atoms with Crippen molar-refractivity contribution in [1.82, 2.24) is 15.2 Å². The number of aromatic nitrogens is 3. The molecule has 2 heterocycles. The highest BCUT2D eigenvalue weighted by Crippen LogP contribution is 2.27. The Balaban J connectivity index is 2.23. The van der Waals surface area contributed by atoms with E-state index in [9.17, 15) is 18.0 Å². The van der Waals surface area contributed by atoms with Crippen LogP contribution < -0.4 is 10.6 Å². The Kier molecular flexibility index (Phi) is 2.34. The summed E-state index contributed by atoms with van der Waals surface area (Å²) in [6.45, 7) is 0.133. The van der Waals surface area contributed by atoms with Gasteiger partial charge >= 0.3 is 6.18 Å². The molecule has 1 amide bonds. The van der Waals surface area contributed by atoms with Gasteiger partial charge in [0.15, 0.2) is 0 Å². The molecule has 0 radical (unpaired) electrons. The molecular weight excluding hydrogens is 227 g/mol. The average molecular weight is 235 g/mol. The molecule has 0 aromatic carbocycles. The van der Waals surface area contributed by atoms with Gasteiger partial charge in [-0.15, -0.1) is 5.10 Å². The van der Waals surface area contributed by atoms with Gasteiger partial charge < -0.3 is 5.73 Å². The lowest BCUT2D eigenvalue weighted by Crippen LogP contribution is -2.28. The summed E-state index contributed by atoms with van der Waals surface area (Å²) in [5, 5.41) is 5.08. The number of nitrogens with zero attached hydrogens (tertiary/aromatic N) is 3. The van der Waals surface area contributed by atoms with Crippen LogP contribution in [0.15, 0.2) is 0 Å². The summed E-state index contributed by atoms with van der Waals surface area (Å²) in [4.78, 5) is 15.6. The van der Waals surface area contributed by atoms with E-state index in [-0.39, 0.29) is 30.9 Å². The van der Waals surface area contributed by atoms with Gasteiger partial charge in [0, 0.05) is 19.0 Å². The number of hydrogen-bond acceptors (Lipinski definition) is 4. The highest BCUT2D eigenvalue weighted by atomic mass is 19.4. The maximum atomic E-state index is 12.2. The lowest BCUT2D eigenvalue weighted by atomic mass is 10.3. The molecule has 1 unspecified atom stereocenters. The minimum Gasteiger partial charge on any atom is -0.326 e. The summed E-state index contributed by atoms with van der Waals surface area (Å²) in [6.07, 6.45) is -4.51. The second-order valence-electron chi connectivity index (χ2n) is 3.45. The third-order valence-corrected chi connectivity index (χ3v) is 2.14. The van der Waals surface area contributed by atoms with Gasteiger partial charge in [-0.2, -0.15) is 18.2 Å². The van der Waals surface area contributed by atoms with Crippen molar-refractivity contribution < 1.29 is 18.0 Å². The highest BCUT2D eigenvalue weighted by molar-refractivity contribution is 5.94. The van der Waals surface area contributed by atoms with Crippen LogP contribution in [0.3, 0.4) is 0 Å². The first-order chi connectivity index (χ1) is 7.38. The molecule has 88 valence electrons. The molecule has 1 aliphatic rings. The number of nitrogens with one attached hydrogen (secondary N) is 1. The molecular formula is C7H8F3N5O. The number of amides is 1. The number of halogens is 3. The number of rotatable bonds is 1. The summed E-state index contributed by atoms with van der Waals surface area (Å²) in [7, 11) is 0. The molecule has 2 rings (SSSR count). The van der Waals surface area contributed by atoms with Crippen LogP contribution in [-0.2, 0) is 11.0 Å². The summed E-state index contributed by atoms with van der Waals surface area (Å²) < 4.78 is 36.6. The standard InChI is InChI=1S/C7H8F3N5O/c8-7(9,10)5-12-6(14-13-5)15-2-3(11)1-4(15)16/h3H,1-2,11H2,(H,12,13,14). The van der Waals surface area contributed by atoms with Gasteiger partial charge in [-0.05, 0) is 0 Å². The zero-order chi connectivity index (χ0) is 11.9. The maximum Gasteiger partial charge on any atom is 0.451 e. The number of anilines is 1. The molecule has 0 spiro atoms. The second kappa shape index (κ2) is 3.44. The molecule has 1 aromatic heterocycles. The van der Waals surface area contributed by atoms with Gasteiger partial charge in [-0.1, -0.05) is 0 Å². The number of alkyl halides is 3. The van der Waals surface area contributed by atoms with Crippen LogP contribution in [0.4, 0.5) is 19.1 Å². The van der Waals surface area contributed by atoms with Gasteiger partial charge in [-0.3, -0.25) is 14.8 Å². The van der Waals surface area contributed by atoms with Gasteiger partial charge in [0.1, 0.15) is 0 Å². The van der Waals surface area contributed by atoms with E-state index in [0.29, 0.717) is 0 Å². The fourth-order valence-corrected chi connectivity index (χ4v) is 1.43. The minimum absolute atomic E-state index is 0.0931. The van der Waals surface area contributed by atoms with Crippen molar-refractivity contribution >= 4 is 11.9 Å². The summed E-state index contributed by atoms with van der Waals surface area (Å²) in [6, 6.07) is -0.389. The van der Waals surface area contributed by atoms with Crippen molar-refractivity contribution in [1.29, 1.82) is 0 Å². The fraction of sp³-hybridized carbons (Fsp3) is 0.571. The maximum absolute atomic E-state index is 12.2. The lowest BCUT2D eigenvalue weighted by Gasteiger charge is -2.09. The van der Waals surface area contributed by atoms with Crippen LogP contribution in [0.2, 0.25) is 0 Å². The molecule has 0 bridgehead atoms. The van der Waals surface area contributed by atoms with Crippen molar-refractivity contribution in [3.63, 3.8) is 0 Å². The van der Waals surface area contributed by atoms with E-state index in [1.807, 2.05) is 0 Å². The topological polar surface area (TPSA) is 87.9 Å². The Morgan fingerprint density at radius 2 is 2.19 bits per heavy atom.